The molecule has 5 heteroatoms. The summed E-state index contributed by atoms with van der Waals surface area (Å²) in [6.45, 7) is 6.60. The molecule has 1 fully saturated rings. The van der Waals surface area contributed by atoms with Crippen LogP contribution in [-0.2, 0) is 4.79 Å². The van der Waals surface area contributed by atoms with Gasteiger partial charge in [0.1, 0.15) is 6.04 Å². The summed E-state index contributed by atoms with van der Waals surface area (Å²) in [5.74, 6) is -0.0654. The summed E-state index contributed by atoms with van der Waals surface area (Å²) in [6.07, 6.45) is 0.604. The first-order valence-corrected chi connectivity index (χ1v) is 8.46. The van der Waals surface area contributed by atoms with E-state index in [1.807, 2.05) is 57.2 Å². The van der Waals surface area contributed by atoms with Crippen LogP contribution in [0.2, 0.25) is 0 Å². The Morgan fingerprint density at radius 3 is 2.44 bits per heavy atom. The van der Waals surface area contributed by atoms with Crippen molar-refractivity contribution in [2.45, 2.75) is 33.2 Å². The van der Waals surface area contributed by atoms with E-state index in [2.05, 4.69) is 16.7 Å². The van der Waals surface area contributed by atoms with E-state index in [0.29, 0.717) is 18.7 Å². The van der Waals surface area contributed by atoms with Crippen molar-refractivity contribution in [3.8, 4) is 0 Å². The van der Waals surface area contributed by atoms with E-state index in [4.69, 9.17) is 0 Å². The summed E-state index contributed by atoms with van der Waals surface area (Å²) in [6, 6.07) is 12.8. The van der Waals surface area contributed by atoms with Gasteiger partial charge in [-0.3, -0.25) is 4.79 Å². The second-order valence-corrected chi connectivity index (χ2v) is 6.64. The van der Waals surface area contributed by atoms with Crippen LogP contribution in [0.25, 0.3) is 0 Å². The molecule has 130 valence electrons. The van der Waals surface area contributed by atoms with Gasteiger partial charge in [-0.15, -0.1) is 0 Å². The van der Waals surface area contributed by atoms with Crippen molar-refractivity contribution >= 4 is 23.3 Å². The Bertz CT molecular complexity index is 796. The molecule has 0 aromatic heterocycles. The fourth-order valence-electron chi connectivity index (χ4n) is 3.22. The van der Waals surface area contributed by atoms with Crippen molar-refractivity contribution in [3.63, 3.8) is 0 Å². The highest BCUT2D eigenvalue weighted by molar-refractivity contribution is 6.02. The Kier molecular flexibility index (Phi) is 4.74. The number of rotatable bonds is 3. The van der Waals surface area contributed by atoms with Crippen molar-refractivity contribution < 1.29 is 9.59 Å². The lowest BCUT2D eigenvalue weighted by Crippen LogP contribution is -2.43. The number of benzene rings is 2. The number of nitrogens with zero attached hydrogens (tertiary/aromatic N) is 1. The van der Waals surface area contributed by atoms with Gasteiger partial charge in [-0.1, -0.05) is 18.2 Å². The van der Waals surface area contributed by atoms with Gasteiger partial charge in [0, 0.05) is 17.9 Å². The lowest BCUT2D eigenvalue weighted by molar-refractivity contribution is -0.118. The Labute approximate surface area is 148 Å². The number of urea groups is 1. The molecule has 1 atom stereocenters. The summed E-state index contributed by atoms with van der Waals surface area (Å²) >= 11 is 0. The zero-order valence-electron chi connectivity index (χ0n) is 14.8. The number of amides is 3. The molecule has 3 amide bonds. The molecule has 1 saturated heterocycles. The number of hydrogen-bond acceptors (Lipinski definition) is 2. The molecule has 1 aliphatic rings. The summed E-state index contributed by atoms with van der Waals surface area (Å²) in [5, 5.41) is 5.57. The Balaban J connectivity index is 1.64. The predicted octanol–water partition coefficient (Wildman–Crippen LogP) is 3.54. The van der Waals surface area contributed by atoms with Gasteiger partial charge in [0.25, 0.3) is 0 Å². The molecule has 2 aromatic carbocycles. The molecule has 1 heterocycles. The highest BCUT2D eigenvalue weighted by Crippen LogP contribution is 2.24. The fraction of sp³-hybridized carbons (Fsp3) is 0.300. The second-order valence-electron chi connectivity index (χ2n) is 6.64. The predicted molar refractivity (Wildman–Crippen MR) is 100 cm³/mol. The minimum absolute atomic E-state index is 0.0654. The summed E-state index contributed by atoms with van der Waals surface area (Å²) in [4.78, 5) is 26.6. The van der Waals surface area contributed by atoms with E-state index < -0.39 is 6.04 Å². The minimum Gasteiger partial charge on any atom is -0.326 e. The van der Waals surface area contributed by atoms with Gasteiger partial charge in [0.05, 0.1) is 0 Å². The molecule has 1 aliphatic heterocycles. The molecule has 0 radical (unpaired) electrons. The SMILES string of the molecule is Cc1cccc(NC(=O)N[C@@H]2CCN(c3cc(C)cc(C)c3)C2=O)c1. The number of carbonyl (C=O) groups excluding carboxylic acids is 2. The third kappa shape index (κ3) is 3.99. The van der Waals surface area contributed by atoms with Crippen molar-refractivity contribution in [1.82, 2.24) is 5.32 Å². The summed E-state index contributed by atoms with van der Waals surface area (Å²) < 4.78 is 0. The number of aryl methyl sites for hydroxylation is 3. The molecule has 2 N–H and O–H groups in total. The van der Waals surface area contributed by atoms with Gasteiger partial charge in [0.15, 0.2) is 0 Å². The summed E-state index contributed by atoms with van der Waals surface area (Å²) in [5.41, 5.74) is 4.92. The maximum atomic E-state index is 12.7. The normalized spacial score (nSPS) is 16.8. The molecule has 0 unspecified atom stereocenters. The van der Waals surface area contributed by atoms with Crippen molar-refractivity contribution in [1.29, 1.82) is 0 Å². The third-order valence-corrected chi connectivity index (χ3v) is 4.30. The van der Waals surface area contributed by atoms with Crippen LogP contribution in [0.15, 0.2) is 42.5 Å². The van der Waals surface area contributed by atoms with Gasteiger partial charge in [-0.2, -0.15) is 0 Å². The molecule has 2 aromatic rings. The highest BCUT2D eigenvalue weighted by atomic mass is 16.2. The van der Waals surface area contributed by atoms with Gasteiger partial charge >= 0.3 is 6.03 Å². The molecule has 0 spiro atoms. The zero-order valence-corrected chi connectivity index (χ0v) is 14.8. The number of hydrogen-bond donors (Lipinski definition) is 2. The minimum atomic E-state index is -0.495. The summed E-state index contributed by atoms with van der Waals surface area (Å²) in [7, 11) is 0. The average molecular weight is 337 g/mol. The van der Waals surface area contributed by atoms with Crippen molar-refractivity contribution in [3.05, 3.63) is 59.2 Å². The van der Waals surface area contributed by atoms with Crippen molar-refractivity contribution in [2.75, 3.05) is 16.8 Å². The number of nitrogens with one attached hydrogen (secondary N) is 2. The molecular weight excluding hydrogens is 314 g/mol. The Hall–Kier alpha value is -2.82. The van der Waals surface area contributed by atoms with Crippen LogP contribution in [0.1, 0.15) is 23.1 Å². The molecule has 0 saturated carbocycles. The van der Waals surface area contributed by atoms with Crippen LogP contribution in [0.4, 0.5) is 16.2 Å². The molecular formula is C20H23N3O2. The highest BCUT2D eigenvalue weighted by Gasteiger charge is 2.33. The largest absolute Gasteiger partial charge is 0.326 e. The molecule has 3 rings (SSSR count). The third-order valence-electron chi connectivity index (χ3n) is 4.30. The Morgan fingerprint density at radius 2 is 1.76 bits per heavy atom. The van der Waals surface area contributed by atoms with Gasteiger partial charge < -0.3 is 15.5 Å². The lowest BCUT2D eigenvalue weighted by atomic mass is 10.1. The van der Waals surface area contributed by atoms with Crippen LogP contribution in [-0.4, -0.2) is 24.5 Å². The second kappa shape index (κ2) is 6.97. The van der Waals surface area contributed by atoms with Crippen LogP contribution in [0.3, 0.4) is 0 Å². The van der Waals surface area contributed by atoms with Crippen LogP contribution >= 0.6 is 0 Å². The van der Waals surface area contributed by atoms with E-state index in [0.717, 1.165) is 22.4 Å². The maximum Gasteiger partial charge on any atom is 0.319 e. The van der Waals surface area contributed by atoms with Gasteiger partial charge in [-0.25, -0.2) is 4.79 Å². The van der Waals surface area contributed by atoms with Crippen LogP contribution < -0.4 is 15.5 Å². The standard InChI is InChI=1S/C20H23N3O2/c1-13-5-4-6-16(10-13)21-20(25)22-18-7-8-23(19(18)24)17-11-14(2)9-15(3)12-17/h4-6,9-12,18H,7-8H2,1-3H3,(H2,21,22,25)/t18-/m1/s1. The lowest BCUT2D eigenvalue weighted by Gasteiger charge is -2.18. The first-order valence-electron chi connectivity index (χ1n) is 8.46. The van der Waals surface area contributed by atoms with E-state index in [9.17, 15) is 9.59 Å². The first-order chi connectivity index (χ1) is 11.9. The molecule has 0 bridgehead atoms. The van der Waals surface area contributed by atoms with Crippen LogP contribution in [0, 0.1) is 20.8 Å². The quantitative estimate of drug-likeness (QED) is 0.900. The van der Waals surface area contributed by atoms with Crippen molar-refractivity contribution in [2.24, 2.45) is 0 Å². The molecule has 5 nitrogen and oxygen atoms in total. The van der Waals surface area contributed by atoms with Crippen LogP contribution in [0.5, 0.6) is 0 Å². The van der Waals surface area contributed by atoms with E-state index >= 15 is 0 Å². The zero-order chi connectivity index (χ0) is 18.0. The average Bonchev–Trinajstić information content (AvgIpc) is 2.87. The van der Waals surface area contributed by atoms with E-state index in [1.54, 1.807) is 4.90 Å². The first kappa shape index (κ1) is 17.0. The number of anilines is 2. The van der Waals surface area contributed by atoms with Gasteiger partial charge in [-0.05, 0) is 68.1 Å². The molecule has 25 heavy (non-hydrogen) atoms. The van der Waals surface area contributed by atoms with E-state index in [-0.39, 0.29) is 11.9 Å². The topological polar surface area (TPSA) is 61.4 Å². The van der Waals surface area contributed by atoms with E-state index in [1.165, 1.54) is 0 Å². The molecule has 0 aliphatic carbocycles. The maximum absolute atomic E-state index is 12.7. The van der Waals surface area contributed by atoms with Gasteiger partial charge in [0.2, 0.25) is 5.91 Å². The number of carbonyl (C=O) groups is 2. The Morgan fingerprint density at radius 1 is 1.04 bits per heavy atom. The monoisotopic (exact) mass is 337 g/mol. The smallest absolute Gasteiger partial charge is 0.319 e. The fourth-order valence-corrected chi connectivity index (χ4v) is 3.22.